The Balaban J connectivity index is 0.00000161. The first kappa shape index (κ1) is 16.5. The summed E-state index contributed by atoms with van der Waals surface area (Å²) in [7, 11) is 0. The third kappa shape index (κ3) is 3.87. The molecule has 0 bridgehead atoms. The predicted octanol–water partition coefficient (Wildman–Crippen LogP) is 2.88. The van der Waals surface area contributed by atoms with Crippen LogP contribution >= 0.6 is 12.4 Å². The molecule has 0 saturated carbocycles. The highest BCUT2D eigenvalue weighted by molar-refractivity contribution is 5.85. The van der Waals surface area contributed by atoms with Gasteiger partial charge in [-0.3, -0.25) is 0 Å². The third-order valence-electron chi connectivity index (χ3n) is 4.53. The lowest BCUT2D eigenvalue weighted by Crippen LogP contribution is -2.36. The minimum Gasteiger partial charge on any atom is -0.388 e. The van der Waals surface area contributed by atoms with E-state index in [-0.39, 0.29) is 18.2 Å². The Labute approximate surface area is 131 Å². The quantitative estimate of drug-likeness (QED) is 0.881. The highest BCUT2D eigenvalue weighted by atomic mass is 35.5. The number of nitrogens with one attached hydrogen (secondary N) is 1. The van der Waals surface area contributed by atoms with Gasteiger partial charge >= 0.3 is 0 Å². The summed E-state index contributed by atoms with van der Waals surface area (Å²) >= 11 is 0. The van der Waals surface area contributed by atoms with Crippen molar-refractivity contribution in [1.82, 2.24) is 5.32 Å². The number of anilines is 1. The molecule has 3 nitrogen and oxygen atoms in total. The van der Waals surface area contributed by atoms with E-state index in [1.807, 2.05) is 6.07 Å². The zero-order valence-electron chi connectivity index (χ0n) is 12.2. The van der Waals surface area contributed by atoms with Crippen LogP contribution in [0.4, 0.5) is 10.1 Å². The molecule has 5 heteroatoms. The largest absolute Gasteiger partial charge is 0.388 e. The number of rotatable bonds is 2. The summed E-state index contributed by atoms with van der Waals surface area (Å²) in [6, 6.07) is 4.84. The number of aliphatic hydroxyl groups excluding tert-OH is 1. The maximum Gasteiger partial charge on any atom is 0.123 e. The molecule has 0 spiro atoms. The number of aliphatic hydroxyl groups is 1. The van der Waals surface area contributed by atoms with Crippen LogP contribution in [-0.4, -0.2) is 31.3 Å². The molecule has 1 aromatic carbocycles. The van der Waals surface area contributed by atoms with E-state index in [0.29, 0.717) is 5.92 Å². The maximum absolute atomic E-state index is 13.4. The smallest absolute Gasteiger partial charge is 0.123 e. The number of hydrogen-bond acceptors (Lipinski definition) is 3. The molecule has 0 aromatic heterocycles. The summed E-state index contributed by atoms with van der Waals surface area (Å²) in [5.41, 5.74) is 1.78. The van der Waals surface area contributed by atoms with Crippen molar-refractivity contribution in [2.24, 2.45) is 5.92 Å². The second-order valence-electron chi connectivity index (χ2n) is 6.00. The van der Waals surface area contributed by atoms with Crippen molar-refractivity contribution in [1.29, 1.82) is 0 Å². The Kier molecular flexibility index (Phi) is 5.85. The Morgan fingerprint density at radius 3 is 2.76 bits per heavy atom. The van der Waals surface area contributed by atoms with E-state index in [1.165, 1.54) is 25.0 Å². The summed E-state index contributed by atoms with van der Waals surface area (Å²) in [6.07, 6.45) is 3.56. The first-order chi connectivity index (χ1) is 9.74. The van der Waals surface area contributed by atoms with Crippen LogP contribution in [0, 0.1) is 11.7 Å². The van der Waals surface area contributed by atoms with Gasteiger partial charge in [0, 0.05) is 24.3 Å². The van der Waals surface area contributed by atoms with Crippen LogP contribution in [0.1, 0.15) is 37.4 Å². The van der Waals surface area contributed by atoms with Gasteiger partial charge in [0.1, 0.15) is 5.82 Å². The van der Waals surface area contributed by atoms with Crippen LogP contribution in [0.15, 0.2) is 18.2 Å². The minimum absolute atomic E-state index is 0. The van der Waals surface area contributed by atoms with Gasteiger partial charge in [0.25, 0.3) is 0 Å². The maximum atomic E-state index is 13.4. The number of fused-ring (bicyclic) bond motifs is 1. The molecule has 2 N–H and O–H groups in total. The fourth-order valence-corrected chi connectivity index (χ4v) is 3.40. The fourth-order valence-electron chi connectivity index (χ4n) is 3.40. The van der Waals surface area contributed by atoms with E-state index < -0.39 is 6.10 Å². The Morgan fingerprint density at radius 1 is 1.24 bits per heavy atom. The van der Waals surface area contributed by atoms with Gasteiger partial charge in [0.05, 0.1) is 6.10 Å². The van der Waals surface area contributed by atoms with E-state index in [2.05, 4.69) is 10.2 Å². The average molecular weight is 315 g/mol. The van der Waals surface area contributed by atoms with E-state index in [9.17, 15) is 9.50 Å². The van der Waals surface area contributed by atoms with Crippen molar-refractivity contribution in [2.75, 3.05) is 31.1 Å². The summed E-state index contributed by atoms with van der Waals surface area (Å²) in [6.45, 7) is 4.17. The molecule has 1 unspecified atom stereocenters. The molecule has 1 saturated heterocycles. The monoisotopic (exact) mass is 314 g/mol. The minimum atomic E-state index is -0.529. The normalized spacial score (nSPS) is 23.1. The van der Waals surface area contributed by atoms with Crippen LogP contribution in [-0.2, 0) is 0 Å². The van der Waals surface area contributed by atoms with Crippen molar-refractivity contribution in [3.05, 3.63) is 29.6 Å². The van der Waals surface area contributed by atoms with Gasteiger partial charge in [-0.1, -0.05) is 0 Å². The number of hydrogen-bond donors (Lipinski definition) is 2. The topological polar surface area (TPSA) is 35.5 Å². The van der Waals surface area contributed by atoms with E-state index >= 15 is 0 Å². The lowest BCUT2D eigenvalue weighted by molar-refractivity contribution is 0.168. The number of benzene rings is 1. The molecule has 1 fully saturated rings. The Morgan fingerprint density at radius 2 is 2.00 bits per heavy atom. The third-order valence-corrected chi connectivity index (χ3v) is 4.53. The van der Waals surface area contributed by atoms with Gasteiger partial charge in [0.2, 0.25) is 0 Å². The lowest BCUT2D eigenvalue weighted by atomic mass is 9.97. The van der Waals surface area contributed by atoms with Gasteiger partial charge in [0.15, 0.2) is 0 Å². The number of piperidine rings is 1. The number of nitrogens with zero attached hydrogens (tertiary/aromatic N) is 1. The molecule has 1 atom stereocenters. The summed E-state index contributed by atoms with van der Waals surface area (Å²) in [4.78, 5) is 2.35. The van der Waals surface area contributed by atoms with Gasteiger partial charge in [-0.15, -0.1) is 12.4 Å². The second kappa shape index (κ2) is 7.43. The van der Waals surface area contributed by atoms with Crippen LogP contribution < -0.4 is 10.2 Å². The molecule has 21 heavy (non-hydrogen) atoms. The zero-order valence-corrected chi connectivity index (χ0v) is 13.0. The molecular weight excluding hydrogens is 291 g/mol. The Hall–Kier alpha value is -0.840. The zero-order chi connectivity index (χ0) is 13.9. The predicted molar refractivity (Wildman–Crippen MR) is 85.6 cm³/mol. The highest BCUT2D eigenvalue weighted by Crippen LogP contribution is 2.34. The summed E-state index contributed by atoms with van der Waals surface area (Å²) < 4.78 is 13.4. The molecule has 118 valence electrons. The van der Waals surface area contributed by atoms with Crippen LogP contribution in [0.3, 0.4) is 0 Å². The molecule has 0 radical (unpaired) electrons. The molecule has 2 heterocycles. The molecular formula is C16H24ClFN2O. The average Bonchev–Trinajstić information content (AvgIpc) is 2.60. The number of halogens is 2. The molecule has 0 aliphatic carbocycles. The second-order valence-corrected chi connectivity index (χ2v) is 6.00. The van der Waals surface area contributed by atoms with E-state index in [0.717, 1.165) is 50.3 Å². The molecule has 3 rings (SSSR count). The Bertz CT molecular complexity index is 466. The summed E-state index contributed by atoms with van der Waals surface area (Å²) in [5.74, 6) is 0.441. The van der Waals surface area contributed by atoms with E-state index in [1.54, 1.807) is 0 Å². The highest BCUT2D eigenvalue weighted by Gasteiger charge is 2.24. The van der Waals surface area contributed by atoms with Crippen molar-refractivity contribution in [3.8, 4) is 0 Å². The van der Waals surface area contributed by atoms with Crippen LogP contribution in [0.2, 0.25) is 0 Å². The van der Waals surface area contributed by atoms with Gasteiger partial charge in [-0.05, 0) is 62.9 Å². The van der Waals surface area contributed by atoms with Crippen molar-refractivity contribution < 1.29 is 9.50 Å². The lowest BCUT2D eigenvalue weighted by Gasteiger charge is -2.32. The van der Waals surface area contributed by atoms with Crippen LogP contribution in [0.5, 0.6) is 0 Å². The van der Waals surface area contributed by atoms with Crippen molar-refractivity contribution in [3.63, 3.8) is 0 Å². The SMILES string of the molecule is Cl.OC1CCCN(CC2CCNCC2)c2ccc(F)cc21. The van der Waals surface area contributed by atoms with Gasteiger partial charge in [-0.2, -0.15) is 0 Å². The molecule has 2 aliphatic heterocycles. The standard InChI is InChI=1S/C16H23FN2O.ClH/c17-13-3-4-15-14(10-13)16(20)2-1-9-19(15)11-12-5-7-18-8-6-12;/h3-4,10,12,16,18,20H,1-2,5-9,11H2;1H. The summed E-state index contributed by atoms with van der Waals surface area (Å²) in [5, 5.41) is 13.6. The molecule has 2 aliphatic rings. The van der Waals surface area contributed by atoms with Crippen molar-refractivity contribution in [2.45, 2.75) is 31.8 Å². The molecule has 1 aromatic rings. The first-order valence-corrected chi connectivity index (χ1v) is 7.67. The van der Waals surface area contributed by atoms with Gasteiger partial charge in [-0.25, -0.2) is 4.39 Å². The van der Waals surface area contributed by atoms with Crippen LogP contribution in [0.25, 0.3) is 0 Å². The first-order valence-electron chi connectivity index (χ1n) is 7.67. The molecule has 0 amide bonds. The van der Waals surface area contributed by atoms with Gasteiger partial charge < -0.3 is 15.3 Å². The fraction of sp³-hybridized carbons (Fsp3) is 0.625. The van der Waals surface area contributed by atoms with Crippen molar-refractivity contribution >= 4 is 18.1 Å². The van der Waals surface area contributed by atoms with E-state index in [4.69, 9.17) is 0 Å².